The van der Waals surface area contributed by atoms with Crippen LogP contribution in [-0.4, -0.2) is 16.7 Å². The minimum atomic E-state index is -0.522. The molecule has 0 spiro atoms. The fourth-order valence-corrected chi connectivity index (χ4v) is 3.64. The van der Waals surface area contributed by atoms with Gasteiger partial charge in [-0.2, -0.15) is 0 Å². The zero-order valence-electron chi connectivity index (χ0n) is 17.3. The summed E-state index contributed by atoms with van der Waals surface area (Å²) in [5.41, 5.74) is 3.22. The van der Waals surface area contributed by atoms with Crippen LogP contribution in [0.25, 0.3) is 5.57 Å². The smallest absolute Gasteiger partial charge is 0.282 e. The third kappa shape index (κ3) is 3.74. The number of nitrogens with one attached hydrogen (secondary N) is 1. The average molecular weight is 448 g/mol. The first kappa shape index (κ1) is 21.3. The average Bonchev–Trinajstić information content (AvgIpc) is 3.01. The minimum Gasteiger partial charge on any atom is -0.350 e. The van der Waals surface area contributed by atoms with Gasteiger partial charge in [0.25, 0.3) is 17.5 Å². The number of carbonyl (C=O) groups excluding carboxylic acids is 2. The lowest BCUT2D eigenvalue weighted by atomic mass is 10.0. The van der Waals surface area contributed by atoms with Crippen molar-refractivity contribution in [1.82, 2.24) is 0 Å². The lowest BCUT2D eigenvalue weighted by Gasteiger charge is -2.16. The van der Waals surface area contributed by atoms with Gasteiger partial charge in [0.1, 0.15) is 5.70 Å². The molecule has 7 nitrogen and oxygen atoms in total. The Kier molecular flexibility index (Phi) is 5.50. The first-order chi connectivity index (χ1) is 15.3. The second-order valence-electron chi connectivity index (χ2n) is 7.37. The Morgan fingerprint density at radius 2 is 1.56 bits per heavy atom. The van der Waals surface area contributed by atoms with E-state index in [2.05, 4.69) is 5.32 Å². The van der Waals surface area contributed by atoms with Crippen LogP contribution < -0.4 is 10.2 Å². The zero-order valence-corrected chi connectivity index (χ0v) is 18.0. The van der Waals surface area contributed by atoms with Crippen molar-refractivity contribution in [2.45, 2.75) is 13.8 Å². The summed E-state index contributed by atoms with van der Waals surface area (Å²) in [6.07, 6.45) is 0. The molecule has 3 aromatic rings. The van der Waals surface area contributed by atoms with Crippen LogP contribution in [0.15, 0.2) is 72.4 Å². The van der Waals surface area contributed by atoms with E-state index in [1.807, 2.05) is 19.1 Å². The maximum Gasteiger partial charge on any atom is 0.282 e. The molecule has 0 radical (unpaired) electrons. The summed E-state index contributed by atoms with van der Waals surface area (Å²) in [5, 5.41) is 14.6. The highest BCUT2D eigenvalue weighted by Gasteiger charge is 2.40. The molecule has 0 fully saturated rings. The Morgan fingerprint density at radius 1 is 0.906 bits per heavy atom. The molecule has 2 amide bonds. The zero-order chi connectivity index (χ0) is 23.0. The molecule has 0 aliphatic carbocycles. The Hall–Kier alpha value is -3.97. The number of nitro groups is 1. The van der Waals surface area contributed by atoms with E-state index >= 15 is 0 Å². The number of carbonyl (C=O) groups is 2. The molecule has 0 saturated carbocycles. The maximum atomic E-state index is 13.4. The number of non-ortho nitro benzene ring substituents is 1. The highest BCUT2D eigenvalue weighted by Crippen LogP contribution is 2.35. The van der Waals surface area contributed by atoms with E-state index in [9.17, 15) is 19.7 Å². The van der Waals surface area contributed by atoms with Crippen molar-refractivity contribution in [2.75, 3.05) is 10.2 Å². The molecule has 0 bridgehead atoms. The van der Waals surface area contributed by atoms with Crippen LogP contribution >= 0.6 is 11.6 Å². The van der Waals surface area contributed by atoms with Gasteiger partial charge in [-0.15, -0.1) is 0 Å². The van der Waals surface area contributed by atoms with Crippen molar-refractivity contribution in [3.8, 4) is 0 Å². The molecule has 1 heterocycles. The molecule has 1 aliphatic heterocycles. The first-order valence-corrected chi connectivity index (χ1v) is 10.1. The van der Waals surface area contributed by atoms with Crippen LogP contribution in [0.4, 0.5) is 17.1 Å². The molecule has 160 valence electrons. The molecule has 0 aromatic heterocycles. The highest BCUT2D eigenvalue weighted by atomic mass is 35.5. The van der Waals surface area contributed by atoms with Crippen LogP contribution in [-0.2, 0) is 9.59 Å². The van der Waals surface area contributed by atoms with Gasteiger partial charge in [0.05, 0.1) is 16.2 Å². The van der Waals surface area contributed by atoms with Crippen LogP contribution in [0, 0.1) is 24.0 Å². The van der Waals surface area contributed by atoms with Crippen LogP contribution in [0.3, 0.4) is 0 Å². The number of hydrogen-bond acceptors (Lipinski definition) is 5. The number of nitro benzene ring substituents is 1. The van der Waals surface area contributed by atoms with Gasteiger partial charge in [0.15, 0.2) is 0 Å². The van der Waals surface area contributed by atoms with Crippen molar-refractivity contribution in [3.63, 3.8) is 0 Å². The van der Waals surface area contributed by atoms with Crippen LogP contribution in [0.1, 0.15) is 16.7 Å². The minimum absolute atomic E-state index is 0.0785. The SMILES string of the molecule is Cc1ccc(N2C(=O)C(Nc3cccc(Cl)c3C)=C(c3ccc([N+](=O)[O-])cc3)C2=O)cc1. The second-order valence-corrected chi connectivity index (χ2v) is 7.78. The predicted molar refractivity (Wildman–Crippen MR) is 124 cm³/mol. The van der Waals surface area contributed by atoms with E-state index in [4.69, 9.17) is 11.6 Å². The molecule has 0 unspecified atom stereocenters. The molecule has 32 heavy (non-hydrogen) atoms. The van der Waals surface area contributed by atoms with E-state index in [1.54, 1.807) is 37.3 Å². The molecule has 1 aliphatic rings. The van der Waals surface area contributed by atoms with Gasteiger partial charge in [-0.1, -0.05) is 35.4 Å². The molecule has 0 atom stereocenters. The summed E-state index contributed by atoms with van der Waals surface area (Å²) < 4.78 is 0. The van der Waals surface area contributed by atoms with Crippen molar-refractivity contribution in [3.05, 3.63) is 104 Å². The summed E-state index contributed by atoms with van der Waals surface area (Å²) in [7, 11) is 0. The number of imide groups is 1. The number of nitrogens with zero attached hydrogens (tertiary/aromatic N) is 2. The van der Waals surface area contributed by atoms with E-state index in [0.29, 0.717) is 22.0 Å². The molecule has 3 aromatic carbocycles. The third-order valence-electron chi connectivity index (χ3n) is 5.27. The molecule has 8 heteroatoms. The van der Waals surface area contributed by atoms with Gasteiger partial charge >= 0.3 is 0 Å². The van der Waals surface area contributed by atoms with Crippen molar-refractivity contribution < 1.29 is 14.5 Å². The normalized spacial score (nSPS) is 13.7. The monoisotopic (exact) mass is 447 g/mol. The number of rotatable bonds is 5. The Bertz CT molecular complexity index is 1280. The van der Waals surface area contributed by atoms with Gasteiger partial charge in [0.2, 0.25) is 0 Å². The molecular formula is C24H18ClN3O4. The van der Waals surface area contributed by atoms with Crippen LogP contribution in [0.2, 0.25) is 5.02 Å². The fourth-order valence-electron chi connectivity index (χ4n) is 3.47. The third-order valence-corrected chi connectivity index (χ3v) is 5.68. The summed E-state index contributed by atoms with van der Waals surface area (Å²) in [6, 6.07) is 17.8. The van der Waals surface area contributed by atoms with Gasteiger partial charge < -0.3 is 5.32 Å². The Balaban J connectivity index is 1.84. The lowest BCUT2D eigenvalue weighted by Crippen LogP contribution is -2.32. The second kappa shape index (κ2) is 8.28. The lowest BCUT2D eigenvalue weighted by molar-refractivity contribution is -0.384. The van der Waals surface area contributed by atoms with Crippen LogP contribution in [0.5, 0.6) is 0 Å². The number of anilines is 2. The largest absolute Gasteiger partial charge is 0.350 e. The summed E-state index contributed by atoms with van der Waals surface area (Å²) in [4.78, 5) is 38.4. The van der Waals surface area contributed by atoms with E-state index in [1.165, 1.54) is 24.3 Å². The van der Waals surface area contributed by atoms with Gasteiger partial charge in [-0.05, 0) is 61.4 Å². The Morgan fingerprint density at radius 3 is 2.19 bits per heavy atom. The van der Waals surface area contributed by atoms with Crippen molar-refractivity contribution in [2.24, 2.45) is 0 Å². The van der Waals surface area contributed by atoms with Gasteiger partial charge in [0, 0.05) is 22.8 Å². The van der Waals surface area contributed by atoms with Gasteiger partial charge in [-0.3, -0.25) is 19.7 Å². The van der Waals surface area contributed by atoms with E-state index in [0.717, 1.165) is 16.0 Å². The van der Waals surface area contributed by atoms with Crippen molar-refractivity contribution >= 4 is 46.1 Å². The summed E-state index contributed by atoms with van der Waals surface area (Å²) in [6.45, 7) is 3.71. The number of hydrogen-bond donors (Lipinski definition) is 1. The first-order valence-electron chi connectivity index (χ1n) is 9.74. The maximum absolute atomic E-state index is 13.4. The van der Waals surface area contributed by atoms with E-state index in [-0.39, 0.29) is 17.0 Å². The molecule has 0 saturated heterocycles. The summed E-state index contributed by atoms with van der Waals surface area (Å²) >= 11 is 6.22. The fraction of sp³-hybridized carbons (Fsp3) is 0.0833. The standard InChI is InChI=1S/C24H18ClN3O4/c1-14-6-10-17(11-7-14)27-23(29)21(16-8-12-18(13-9-16)28(31)32)22(24(27)30)26-20-5-3-4-19(25)15(20)2/h3-13,26H,1-2H3. The topological polar surface area (TPSA) is 92.6 Å². The molecular weight excluding hydrogens is 430 g/mol. The number of amides is 2. The number of aryl methyl sites for hydroxylation is 1. The Labute approximate surface area is 189 Å². The summed E-state index contributed by atoms with van der Waals surface area (Å²) in [5.74, 6) is -1.04. The van der Waals surface area contributed by atoms with Gasteiger partial charge in [-0.25, -0.2) is 4.90 Å². The number of halogens is 1. The van der Waals surface area contributed by atoms with Crippen molar-refractivity contribution in [1.29, 1.82) is 0 Å². The number of benzene rings is 3. The highest BCUT2D eigenvalue weighted by molar-refractivity contribution is 6.46. The molecule has 1 N–H and O–H groups in total. The van der Waals surface area contributed by atoms with E-state index < -0.39 is 16.7 Å². The quantitative estimate of drug-likeness (QED) is 0.327. The molecule has 4 rings (SSSR count). The predicted octanol–water partition coefficient (Wildman–Crippen LogP) is 5.26.